The number of benzene rings is 3. The van der Waals surface area contributed by atoms with Crippen LogP contribution in [0.3, 0.4) is 0 Å². The van der Waals surface area contributed by atoms with Gasteiger partial charge in [-0.15, -0.1) is 22.0 Å². The van der Waals surface area contributed by atoms with Gasteiger partial charge in [-0.25, -0.2) is 8.78 Å². The number of rotatable bonds is 7. The van der Waals surface area contributed by atoms with E-state index in [0.29, 0.717) is 22.4 Å². The summed E-state index contributed by atoms with van der Waals surface area (Å²) in [6.07, 6.45) is 2.62. The molecule has 158 valence electrons. The molecule has 0 aliphatic heterocycles. The van der Waals surface area contributed by atoms with Gasteiger partial charge in [0.1, 0.15) is 17.5 Å². The Morgan fingerprint density at radius 1 is 0.903 bits per heavy atom. The van der Waals surface area contributed by atoms with Crippen molar-refractivity contribution in [3.8, 4) is 5.69 Å². The number of thioether (sulfide) groups is 2. The fraction of sp³-hybridized carbons (Fsp3) is 0.130. The summed E-state index contributed by atoms with van der Waals surface area (Å²) in [5.74, 6) is 0.568. The Hall–Kier alpha value is -2.35. The zero-order valence-electron chi connectivity index (χ0n) is 16.6. The zero-order chi connectivity index (χ0) is 21.8. The molecule has 0 aliphatic carbocycles. The highest BCUT2D eigenvalue weighted by atomic mass is 35.5. The van der Waals surface area contributed by atoms with Crippen molar-refractivity contribution < 1.29 is 8.78 Å². The van der Waals surface area contributed by atoms with E-state index in [9.17, 15) is 8.78 Å². The third-order valence-electron chi connectivity index (χ3n) is 4.68. The summed E-state index contributed by atoms with van der Waals surface area (Å²) in [6, 6.07) is 18.9. The maximum absolute atomic E-state index is 13.5. The van der Waals surface area contributed by atoms with Gasteiger partial charge in [-0.2, -0.15) is 0 Å². The standard InChI is InChI=1S/C23H18ClF2N3S2/c1-30-20-10-2-15(3-11-20)12-22-27-28-23(29(22)19-8-6-17(25)7-9-19)31-14-16-4-5-18(26)13-21(16)24/h2-11,13H,12,14H2,1H3. The van der Waals surface area contributed by atoms with E-state index in [0.717, 1.165) is 22.6 Å². The molecule has 4 aromatic rings. The van der Waals surface area contributed by atoms with Crippen LogP contribution < -0.4 is 0 Å². The van der Waals surface area contributed by atoms with Crippen LogP contribution in [0, 0.1) is 11.6 Å². The lowest BCUT2D eigenvalue weighted by Gasteiger charge is -2.11. The zero-order valence-corrected chi connectivity index (χ0v) is 18.9. The monoisotopic (exact) mass is 473 g/mol. The lowest BCUT2D eigenvalue weighted by molar-refractivity contribution is 0.626. The molecule has 8 heteroatoms. The molecular weight excluding hydrogens is 456 g/mol. The number of halogens is 3. The molecule has 3 aromatic carbocycles. The van der Waals surface area contributed by atoms with Crippen molar-refractivity contribution in [2.75, 3.05) is 6.26 Å². The van der Waals surface area contributed by atoms with Crippen LogP contribution in [0.25, 0.3) is 5.69 Å². The molecule has 0 radical (unpaired) electrons. The molecule has 1 aromatic heterocycles. The quantitative estimate of drug-likeness (QED) is 0.276. The van der Waals surface area contributed by atoms with Gasteiger partial charge in [0.25, 0.3) is 0 Å². The van der Waals surface area contributed by atoms with E-state index >= 15 is 0 Å². The predicted octanol–water partition coefficient (Wildman–Crippen LogP) is 6.80. The Balaban J connectivity index is 1.65. The minimum atomic E-state index is -0.372. The smallest absolute Gasteiger partial charge is 0.196 e. The molecule has 0 spiro atoms. The Morgan fingerprint density at radius 3 is 2.29 bits per heavy atom. The topological polar surface area (TPSA) is 30.7 Å². The van der Waals surface area contributed by atoms with Gasteiger partial charge in [0.05, 0.1) is 0 Å². The van der Waals surface area contributed by atoms with Crippen LogP contribution >= 0.6 is 35.1 Å². The summed E-state index contributed by atoms with van der Waals surface area (Å²) in [6.45, 7) is 0. The number of hydrogen-bond acceptors (Lipinski definition) is 4. The minimum Gasteiger partial charge on any atom is -0.274 e. The van der Waals surface area contributed by atoms with E-state index in [1.54, 1.807) is 30.0 Å². The first kappa shape index (κ1) is 21.9. The van der Waals surface area contributed by atoms with Crippen molar-refractivity contribution in [3.63, 3.8) is 0 Å². The molecule has 0 bridgehead atoms. The van der Waals surface area contributed by atoms with Crippen LogP contribution in [-0.4, -0.2) is 21.0 Å². The first-order valence-electron chi connectivity index (χ1n) is 9.43. The Labute approximate surface area is 192 Å². The second-order valence-corrected chi connectivity index (χ2v) is 8.99. The molecule has 0 amide bonds. The molecule has 3 nitrogen and oxygen atoms in total. The summed E-state index contributed by atoms with van der Waals surface area (Å²) >= 11 is 9.30. The Kier molecular flexibility index (Phi) is 6.95. The summed E-state index contributed by atoms with van der Waals surface area (Å²) in [7, 11) is 0. The number of nitrogens with zero attached hydrogens (tertiary/aromatic N) is 3. The molecule has 4 rings (SSSR count). The molecule has 0 saturated heterocycles. The van der Waals surface area contributed by atoms with Crippen molar-refractivity contribution in [1.82, 2.24) is 14.8 Å². The van der Waals surface area contributed by atoms with Gasteiger partial charge >= 0.3 is 0 Å². The van der Waals surface area contributed by atoms with Crippen molar-refractivity contribution in [2.45, 2.75) is 22.2 Å². The van der Waals surface area contributed by atoms with Gasteiger partial charge in [0.15, 0.2) is 5.16 Å². The molecule has 0 N–H and O–H groups in total. The van der Waals surface area contributed by atoms with Crippen molar-refractivity contribution in [1.29, 1.82) is 0 Å². The molecule has 31 heavy (non-hydrogen) atoms. The second kappa shape index (κ2) is 9.85. The van der Waals surface area contributed by atoms with Gasteiger partial charge in [0, 0.05) is 27.8 Å². The highest BCUT2D eigenvalue weighted by molar-refractivity contribution is 7.98. The van der Waals surface area contributed by atoms with Crippen molar-refractivity contribution in [3.05, 3.63) is 100 Å². The third-order valence-corrected chi connectivity index (χ3v) is 6.75. The van der Waals surface area contributed by atoms with Gasteiger partial charge in [-0.3, -0.25) is 4.57 Å². The summed E-state index contributed by atoms with van der Waals surface area (Å²) in [5, 5.41) is 9.80. The van der Waals surface area contributed by atoms with Gasteiger partial charge in [-0.1, -0.05) is 41.6 Å². The lowest BCUT2D eigenvalue weighted by atomic mass is 10.1. The number of aromatic nitrogens is 3. The molecule has 0 fully saturated rings. The van der Waals surface area contributed by atoms with Crippen LogP contribution in [0.2, 0.25) is 5.02 Å². The van der Waals surface area contributed by atoms with Gasteiger partial charge in [-0.05, 0) is 65.9 Å². The first-order valence-corrected chi connectivity index (χ1v) is 12.0. The van der Waals surface area contributed by atoms with E-state index in [1.807, 2.05) is 10.8 Å². The van der Waals surface area contributed by atoms with E-state index in [1.165, 1.54) is 40.9 Å². The second-order valence-electron chi connectivity index (χ2n) is 6.76. The molecule has 1 heterocycles. The van der Waals surface area contributed by atoms with Crippen LogP contribution in [0.5, 0.6) is 0 Å². The highest BCUT2D eigenvalue weighted by Gasteiger charge is 2.16. The largest absolute Gasteiger partial charge is 0.274 e. The highest BCUT2D eigenvalue weighted by Crippen LogP contribution is 2.29. The fourth-order valence-corrected chi connectivity index (χ4v) is 4.76. The SMILES string of the molecule is CSc1ccc(Cc2nnc(SCc3ccc(F)cc3Cl)n2-c2ccc(F)cc2)cc1. The van der Waals surface area contributed by atoms with Crippen molar-refractivity contribution in [2.24, 2.45) is 0 Å². The molecule has 0 atom stereocenters. The van der Waals surface area contributed by atoms with Gasteiger partial charge < -0.3 is 0 Å². The first-order chi connectivity index (χ1) is 15.0. The maximum Gasteiger partial charge on any atom is 0.196 e. The average molecular weight is 474 g/mol. The van der Waals surface area contributed by atoms with E-state index < -0.39 is 0 Å². The third kappa shape index (κ3) is 5.29. The van der Waals surface area contributed by atoms with Crippen LogP contribution in [0.15, 0.2) is 76.8 Å². The predicted molar refractivity (Wildman–Crippen MR) is 123 cm³/mol. The molecular formula is C23H18ClF2N3S2. The maximum atomic E-state index is 13.5. The fourth-order valence-electron chi connectivity index (χ4n) is 3.06. The molecule has 0 aliphatic rings. The van der Waals surface area contributed by atoms with E-state index in [2.05, 4.69) is 34.5 Å². The lowest BCUT2D eigenvalue weighted by Crippen LogP contribution is -2.04. The minimum absolute atomic E-state index is 0.307. The van der Waals surface area contributed by atoms with E-state index in [4.69, 9.17) is 11.6 Å². The van der Waals surface area contributed by atoms with Crippen LogP contribution in [0.4, 0.5) is 8.78 Å². The average Bonchev–Trinajstić information content (AvgIpc) is 3.16. The molecule has 0 unspecified atom stereocenters. The van der Waals surface area contributed by atoms with Crippen molar-refractivity contribution >= 4 is 35.1 Å². The summed E-state index contributed by atoms with van der Waals surface area (Å²) < 4.78 is 28.8. The number of hydrogen-bond donors (Lipinski definition) is 0. The van der Waals surface area contributed by atoms with Crippen LogP contribution in [0.1, 0.15) is 17.0 Å². The van der Waals surface area contributed by atoms with Crippen LogP contribution in [-0.2, 0) is 12.2 Å². The molecule has 0 saturated carbocycles. The van der Waals surface area contributed by atoms with E-state index in [-0.39, 0.29) is 11.6 Å². The Morgan fingerprint density at radius 2 is 1.61 bits per heavy atom. The summed E-state index contributed by atoms with van der Waals surface area (Å²) in [5.41, 5.74) is 2.68. The van der Waals surface area contributed by atoms with Gasteiger partial charge in [0.2, 0.25) is 0 Å². The normalized spacial score (nSPS) is 11.1. The summed E-state index contributed by atoms with van der Waals surface area (Å²) in [4.78, 5) is 1.19. The Bertz CT molecular complexity index is 1180.